The number of aromatic nitrogens is 1. The van der Waals surface area contributed by atoms with E-state index < -0.39 is 0 Å². The van der Waals surface area contributed by atoms with Crippen LogP contribution in [0.1, 0.15) is 12.0 Å². The van der Waals surface area contributed by atoms with Crippen LogP contribution >= 0.6 is 0 Å². The van der Waals surface area contributed by atoms with Gasteiger partial charge in [0.1, 0.15) is 0 Å². The molecule has 1 aromatic rings. The van der Waals surface area contributed by atoms with Crippen molar-refractivity contribution in [1.29, 1.82) is 0 Å². The molecule has 1 unspecified atom stereocenters. The number of hydrogen-bond acceptors (Lipinski definition) is 3. The van der Waals surface area contributed by atoms with Gasteiger partial charge in [0.15, 0.2) is 0 Å². The Labute approximate surface area is 95.7 Å². The maximum Gasteiger partial charge on any atom is 0.227 e. The van der Waals surface area contributed by atoms with E-state index in [-0.39, 0.29) is 11.8 Å². The van der Waals surface area contributed by atoms with Crippen LogP contribution in [-0.4, -0.2) is 35.9 Å². The fourth-order valence-electron chi connectivity index (χ4n) is 2.02. The summed E-state index contributed by atoms with van der Waals surface area (Å²) in [7, 11) is 1.85. The topological polar surface area (TPSA) is 45.2 Å². The molecule has 0 aromatic carbocycles. The maximum absolute atomic E-state index is 12.0. The Kier molecular flexibility index (Phi) is 3.51. The molecule has 1 N–H and O–H groups in total. The Morgan fingerprint density at radius 1 is 1.69 bits per heavy atom. The van der Waals surface area contributed by atoms with E-state index in [0.717, 1.165) is 25.1 Å². The molecule has 1 saturated heterocycles. The van der Waals surface area contributed by atoms with Gasteiger partial charge in [-0.1, -0.05) is 6.07 Å². The predicted octanol–water partition coefficient (Wildman–Crippen LogP) is 0.649. The number of hydrogen-bond donors (Lipinski definition) is 1. The van der Waals surface area contributed by atoms with Gasteiger partial charge >= 0.3 is 0 Å². The first kappa shape index (κ1) is 11.1. The van der Waals surface area contributed by atoms with Crippen molar-refractivity contribution in [3.8, 4) is 0 Å². The molecular weight excluding hydrogens is 202 g/mol. The van der Waals surface area contributed by atoms with E-state index in [1.54, 1.807) is 17.3 Å². The third kappa shape index (κ3) is 2.58. The van der Waals surface area contributed by atoms with Gasteiger partial charge in [0.05, 0.1) is 5.92 Å². The van der Waals surface area contributed by atoms with Crippen molar-refractivity contribution in [3.63, 3.8) is 0 Å². The lowest BCUT2D eigenvalue weighted by Gasteiger charge is -2.20. The highest BCUT2D eigenvalue weighted by molar-refractivity contribution is 5.79. The Morgan fingerprint density at radius 2 is 2.56 bits per heavy atom. The van der Waals surface area contributed by atoms with E-state index in [2.05, 4.69) is 10.3 Å². The van der Waals surface area contributed by atoms with Crippen LogP contribution in [0.2, 0.25) is 0 Å². The second-order valence-corrected chi connectivity index (χ2v) is 4.25. The lowest BCUT2D eigenvalue weighted by Crippen LogP contribution is -2.33. The molecule has 2 rings (SSSR count). The number of nitrogens with one attached hydrogen (secondary N) is 1. The molecular formula is C12H17N3O. The van der Waals surface area contributed by atoms with Gasteiger partial charge in [0.25, 0.3) is 0 Å². The minimum absolute atomic E-state index is 0.154. The quantitative estimate of drug-likeness (QED) is 0.812. The number of rotatable bonds is 3. The molecule has 1 fully saturated rings. The SMILES string of the molecule is CN(Cc1cccnc1)C(=O)C1CCNC1. The van der Waals surface area contributed by atoms with Crippen molar-refractivity contribution >= 4 is 5.91 Å². The Bertz CT molecular complexity index is 347. The lowest BCUT2D eigenvalue weighted by atomic mass is 10.1. The molecule has 4 nitrogen and oxygen atoms in total. The first-order chi connectivity index (χ1) is 7.77. The van der Waals surface area contributed by atoms with Crippen LogP contribution in [0, 0.1) is 5.92 Å². The summed E-state index contributed by atoms with van der Waals surface area (Å²) < 4.78 is 0. The average Bonchev–Trinajstić information content (AvgIpc) is 2.83. The predicted molar refractivity (Wildman–Crippen MR) is 61.7 cm³/mol. The van der Waals surface area contributed by atoms with E-state index in [9.17, 15) is 4.79 Å². The zero-order chi connectivity index (χ0) is 11.4. The molecule has 16 heavy (non-hydrogen) atoms. The lowest BCUT2D eigenvalue weighted by molar-refractivity contribution is -0.134. The second kappa shape index (κ2) is 5.07. The standard InChI is InChI=1S/C12H17N3O/c1-15(9-10-3-2-5-13-7-10)12(16)11-4-6-14-8-11/h2-3,5,7,11,14H,4,6,8-9H2,1H3. The summed E-state index contributed by atoms with van der Waals surface area (Å²) in [6.45, 7) is 2.41. The second-order valence-electron chi connectivity index (χ2n) is 4.25. The van der Waals surface area contributed by atoms with E-state index in [4.69, 9.17) is 0 Å². The average molecular weight is 219 g/mol. The molecule has 0 bridgehead atoms. The summed E-state index contributed by atoms with van der Waals surface area (Å²) in [5.41, 5.74) is 1.07. The molecule has 0 radical (unpaired) electrons. The summed E-state index contributed by atoms with van der Waals surface area (Å²) in [6, 6.07) is 3.88. The van der Waals surface area contributed by atoms with Gasteiger partial charge in [-0.05, 0) is 24.6 Å². The monoisotopic (exact) mass is 219 g/mol. The van der Waals surface area contributed by atoms with E-state index in [0.29, 0.717) is 6.54 Å². The Hall–Kier alpha value is -1.42. The highest BCUT2D eigenvalue weighted by Gasteiger charge is 2.25. The summed E-state index contributed by atoms with van der Waals surface area (Å²) in [4.78, 5) is 17.8. The molecule has 0 saturated carbocycles. The minimum Gasteiger partial charge on any atom is -0.341 e. The van der Waals surface area contributed by atoms with E-state index >= 15 is 0 Å². The van der Waals surface area contributed by atoms with Crippen LogP contribution in [0.25, 0.3) is 0 Å². The number of pyridine rings is 1. The molecule has 1 aliphatic rings. The first-order valence-electron chi connectivity index (χ1n) is 5.62. The largest absolute Gasteiger partial charge is 0.341 e. The fourth-order valence-corrected chi connectivity index (χ4v) is 2.02. The normalized spacial score (nSPS) is 19.7. The van der Waals surface area contributed by atoms with Crippen molar-refractivity contribution < 1.29 is 4.79 Å². The van der Waals surface area contributed by atoms with Gasteiger partial charge in [-0.3, -0.25) is 9.78 Å². The molecule has 2 heterocycles. The third-order valence-corrected chi connectivity index (χ3v) is 2.93. The summed E-state index contributed by atoms with van der Waals surface area (Å²) in [5, 5.41) is 3.21. The summed E-state index contributed by atoms with van der Waals surface area (Å²) in [5.74, 6) is 0.385. The highest BCUT2D eigenvalue weighted by Crippen LogP contribution is 2.12. The van der Waals surface area contributed by atoms with E-state index in [1.165, 1.54) is 0 Å². The van der Waals surface area contributed by atoms with Crippen molar-refractivity contribution in [3.05, 3.63) is 30.1 Å². The van der Waals surface area contributed by atoms with Gasteiger partial charge in [0.2, 0.25) is 5.91 Å². The van der Waals surface area contributed by atoms with E-state index in [1.807, 2.05) is 19.2 Å². The summed E-state index contributed by atoms with van der Waals surface area (Å²) >= 11 is 0. The number of nitrogens with zero attached hydrogens (tertiary/aromatic N) is 2. The van der Waals surface area contributed by atoms with Crippen LogP contribution in [-0.2, 0) is 11.3 Å². The number of carbonyl (C=O) groups is 1. The molecule has 1 aliphatic heterocycles. The van der Waals surface area contributed by atoms with Gasteiger partial charge in [-0.25, -0.2) is 0 Å². The van der Waals surface area contributed by atoms with Gasteiger partial charge < -0.3 is 10.2 Å². The molecule has 0 spiro atoms. The fraction of sp³-hybridized carbons (Fsp3) is 0.500. The van der Waals surface area contributed by atoms with Gasteiger partial charge in [-0.2, -0.15) is 0 Å². The Morgan fingerprint density at radius 3 is 3.19 bits per heavy atom. The maximum atomic E-state index is 12.0. The van der Waals surface area contributed by atoms with Crippen LogP contribution in [0.3, 0.4) is 0 Å². The molecule has 0 aliphatic carbocycles. The van der Waals surface area contributed by atoms with Gasteiger partial charge in [-0.15, -0.1) is 0 Å². The zero-order valence-electron chi connectivity index (χ0n) is 9.52. The Balaban J connectivity index is 1.92. The first-order valence-corrected chi connectivity index (χ1v) is 5.62. The third-order valence-electron chi connectivity index (χ3n) is 2.93. The summed E-state index contributed by atoms with van der Waals surface area (Å²) in [6.07, 6.45) is 4.50. The zero-order valence-corrected chi connectivity index (χ0v) is 9.52. The molecule has 1 atom stereocenters. The molecule has 1 amide bonds. The number of carbonyl (C=O) groups excluding carboxylic acids is 1. The smallest absolute Gasteiger partial charge is 0.227 e. The number of amides is 1. The van der Waals surface area contributed by atoms with Crippen molar-refractivity contribution in [1.82, 2.24) is 15.2 Å². The van der Waals surface area contributed by atoms with Crippen molar-refractivity contribution in [2.75, 3.05) is 20.1 Å². The molecule has 1 aromatic heterocycles. The molecule has 86 valence electrons. The molecule has 4 heteroatoms. The van der Waals surface area contributed by atoms with Gasteiger partial charge in [0, 0.05) is 32.5 Å². The van der Waals surface area contributed by atoms with Crippen molar-refractivity contribution in [2.24, 2.45) is 5.92 Å². The van der Waals surface area contributed by atoms with Crippen molar-refractivity contribution in [2.45, 2.75) is 13.0 Å². The van der Waals surface area contributed by atoms with Crippen LogP contribution < -0.4 is 5.32 Å². The van der Waals surface area contributed by atoms with Crippen LogP contribution in [0.5, 0.6) is 0 Å². The minimum atomic E-state index is 0.154. The van der Waals surface area contributed by atoms with Crippen LogP contribution in [0.4, 0.5) is 0 Å². The highest BCUT2D eigenvalue weighted by atomic mass is 16.2. The van der Waals surface area contributed by atoms with Crippen LogP contribution in [0.15, 0.2) is 24.5 Å².